The molecule has 9 nitrogen and oxygen atoms in total. The molecule has 3 aromatic rings. The molecule has 0 saturated heterocycles. The summed E-state index contributed by atoms with van der Waals surface area (Å²) in [4.78, 5) is 21.6. The Morgan fingerprint density at radius 1 is 1.17 bits per heavy atom. The van der Waals surface area contributed by atoms with E-state index in [1.807, 2.05) is 12.1 Å². The van der Waals surface area contributed by atoms with Crippen molar-refractivity contribution in [3.63, 3.8) is 0 Å². The molecule has 0 bridgehead atoms. The number of nitrogens with one attached hydrogen (secondary N) is 3. The summed E-state index contributed by atoms with van der Waals surface area (Å²) in [6.45, 7) is 4.25. The third-order valence-electron chi connectivity index (χ3n) is 6.50. The average Bonchev–Trinajstić information content (AvgIpc) is 2.88. The molecule has 0 radical (unpaired) electrons. The standard InChI is InChI=1S/C25H27N5O4S2/c1-15(27-20-11-12-26-19-8-10-24(34-2)29-25(19)20)16-3-5-17(6-4-16)30-36(32,33)18-7-9-22-21(13-18)28-23(31)14-35-22/h7-13,16-17,30H,1,3-6,14H2,2H3,(H,26,27)(H,28,31)/t16-,17-. The number of carbonyl (C=O) groups is 1. The van der Waals surface area contributed by atoms with Crippen LogP contribution in [0.25, 0.3) is 11.0 Å². The van der Waals surface area contributed by atoms with Gasteiger partial charge in [-0.1, -0.05) is 6.58 Å². The van der Waals surface area contributed by atoms with Gasteiger partial charge in [-0.05, 0) is 61.9 Å². The van der Waals surface area contributed by atoms with Gasteiger partial charge in [0.05, 0.1) is 34.6 Å². The van der Waals surface area contributed by atoms with Crippen LogP contribution in [0.4, 0.5) is 11.4 Å². The number of thioether (sulfide) groups is 1. The zero-order valence-electron chi connectivity index (χ0n) is 19.8. The highest BCUT2D eigenvalue weighted by Gasteiger charge is 2.28. The van der Waals surface area contributed by atoms with Crippen molar-refractivity contribution in [3.05, 3.63) is 54.9 Å². The summed E-state index contributed by atoms with van der Waals surface area (Å²) in [6, 6.07) is 10.2. The smallest absolute Gasteiger partial charge is 0.240 e. The first kappa shape index (κ1) is 24.5. The van der Waals surface area contributed by atoms with Gasteiger partial charge in [-0.2, -0.15) is 0 Å². The van der Waals surface area contributed by atoms with E-state index < -0.39 is 10.0 Å². The SMILES string of the molecule is C=C(Nc1ccnc2ccc(OC)nc12)[C@H]1CC[C@H](NS(=O)(=O)c2ccc3c(c2)NC(=O)CS3)CC1. The molecule has 5 rings (SSSR count). The lowest BCUT2D eigenvalue weighted by atomic mass is 9.84. The predicted octanol–water partition coefficient (Wildman–Crippen LogP) is 4.15. The minimum atomic E-state index is -3.70. The van der Waals surface area contributed by atoms with E-state index in [0.29, 0.717) is 35.7 Å². The van der Waals surface area contributed by atoms with Crippen molar-refractivity contribution in [3.8, 4) is 5.88 Å². The van der Waals surface area contributed by atoms with E-state index in [-0.39, 0.29) is 22.8 Å². The first-order chi connectivity index (χ1) is 17.3. The lowest BCUT2D eigenvalue weighted by Crippen LogP contribution is -2.38. The molecule has 188 valence electrons. The van der Waals surface area contributed by atoms with Crippen LogP contribution >= 0.6 is 11.8 Å². The molecular formula is C25H27N5O4S2. The molecule has 3 N–H and O–H groups in total. The second-order valence-corrected chi connectivity index (χ2v) is 11.6. The van der Waals surface area contributed by atoms with E-state index in [9.17, 15) is 13.2 Å². The van der Waals surface area contributed by atoms with E-state index in [1.54, 1.807) is 31.5 Å². The molecule has 36 heavy (non-hydrogen) atoms. The lowest BCUT2D eigenvalue weighted by molar-refractivity contribution is -0.113. The summed E-state index contributed by atoms with van der Waals surface area (Å²) in [5.41, 5.74) is 3.69. The fourth-order valence-corrected chi connectivity index (χ4v) is 6.69. The highest BCUT2D eigenvalue weighted by molar-refractivity contribution is 8.00. The van der Waals surface area contributed by atoms with Crippen LogP contribution in [0.5, 0.6) is 5.88 Å². The van der Waals surface area contributed by atoms with Crippen LogP contribution in [-0.2, 0) is 14.8 Å². The van der Waals surface area contributed by atoms with E-state index in [1.165, 1.54) is 17.8 Å². The fraction of sp³-hybridized carbons (Fsp3) is 0.320. The number of allylic oxidation sites excluding steroid dienone is 1. The number of amides is 1. The molecule has 1 aliphatic heterocycles. The van der Waals surface area contributed by atoms with E-state index in [2.05, 4.69) is 31.9 Å². The third-order valence-corrected chi connectivity index (χ3v) is 9.09. The van der Waals surface area contributed by atoms with Crippen molar-refractivity contribution in [2.75, 3.05) is 23.5 Å². The maximum Gasteiger partial charge on any atom is 0.240 e. The van der Waals surface area contributed by atoms with Crippen molar-refractivity contribution in [2.24, 2.45) is 5.92 Å². The summed E-state index contributed by atoms with van der Waals surface area (Å²) in [5, 5.41) is 6.15. The molecule has 1 amide bonds. The summed E-state index contributed by atoms with van der Waals surface area (Å²) in [5.74, 6) is 0.924. The van der Waals surface area contributed by atoms with Crippen LogP contribution in [0.15, 0.2) is 64.7 Å². The van der Waals surface area contributed by atoms with Crippen molar-refractivity contribution in [2.45, 2.75) is 41.5 Å². The van der Waals surface area contributed by atoms with Crippen molar-refractivity contribution >= 4 is 50.1 Å². The third kappa shape index (κ3) is 5.18. The second-order valence-electron chi connectivity index (χ2n) is 8.89. The maximum atomic E-state index is 13.0. The number of aromatic nitrogens is 2. The molecule has 0 atom stereocenters. The highest BCUT2D eigenvalue weighted by Crippen LogP contribution is 2.35. The molecule has 0 spiro atoms. The minimum absolute atomic E-state index is 0.128. The van der Waals surface area contributed by atoms with E-state index >= 15 is 0 Å². The Balaban J connectivity index is 1.21. The Kier molecular flexibility index (Phi) is 6.87. The topological polar surface area (TPSA) is 122 Å². The van der Waals surface area contributed by atoms with Gasteiger partial charge >= 0.3 is 0 Å². The number of ether oxygens (including phenoxy) is 1. The molecule has 1 saturated carbocycles. The van der Waals surface area contributed by atoms with Gasteiger partial charge in [0, 0.05) is 28.9 Å². The van der Waals surface area contributed by atoms with Crippen molar-refractivity contribution in [1.82, 2.24) is 14.7 Å². The molecule has 3 heterocycles. The maximum absolute atomic E-state index is 13.0. The van der Waals surface area contributed by atoms with Gasteiger partial charge in [-0.25, -0.2) is 18.1 Å². The second kappa shape index (κ2) is 10.1. The van der Waals surface area contributed by atoms with Crippen LogP contribution in [-0.4, -0.2) is 43.2 Å². The quantitative estimate of drug-likeness (QED) is 0.421. The molecule has 2 aliphatic rings. The number of anilines is 2. The van der Waals surface area contributed by atoms with Gasteiger partial charge in [0.25, 0.3) is 0 Å². The van der Waals surface area contributed by atoms with Gasteiger partial charge < -0.3 is 15.4 Å². The molecule has 2 aromatic heterocycles. The number of hydrogen-bond donors (Lipinski definition) is 3. The largest absolute Gasteiger partial charge is 0.481 e. The Labute approximate surface area is 214 Å². The number of hydrogen-bond acceptors (Lipinski definition) is 8. The fourth-order valence-electron chi connectivity index (χ4n) is 4.57. The number of sulfonamides is 1. The highest BCUT2D eigenvalue weighted by atomic mass is 32.2. The summed E-state index contributed by atoms with van der Waals surface area (Å²) >= 11 is 1.40. The van der Waals surface area contributed by atoms with Gasteiger partial charge in [0.15, 0.2) is 0 Å². The first-order valence-electron chi connectivity index (χ1n) is 11.7. The number of methoxy groups -OCH3 is 1. The Hall–Kier alpha value is -3.15. The number of nitrogens with zero attached hydrogens (tertiary/aromatic N) is 2. The van der Waals surface area contributed by atoms with Crippen LogP contribution < -0.4 is 20.1 Å². The van der Waals surface area contributed by atoms with E-state index in [0.717, 1.165) is 34.6 Å². The summed E-state index contributed by atoms with van der Waals surface area (Å²) in [6.07, 6.45) is 4.73. The zero-order chi connectivity index (χ0) is 25.3. The minimum Gasteiger partial charge on any atom is -0.481 e. The van der Waals surface area contributed by atoms with Gasteiger partial charge in [0.2, 0.25) is 21.8 Å². The molecule has 0 unspecified atom stereocenters. The van der Waals surface area contributed by atoms with Crippen LogP contribution in [0.3, 0.4) is 0 Å². The Bertz CT molecular complexity index is 1440. The number of carbonyl (C=O) groups excluding carboxylic acids is 1. The van der Waals surface area contributed by atoms with E-state index in [4.69, 9.17) is 4.74 Å². The first-order valence-corrected chi connectivity index (χ1v) is 14.1. The van der Waals surface area contributed by atoms with Crippen molar-refractivity contribution < 1.29 is 17.9 Å². The summed E-state index contributed by atoms with van der Waals surface area (Å²) < 4.78 is 34.1. The molecular weight excluding hydrogens is 498 g/mol. The number of pyridine rings is 2. The average molecular weight is 526 g/mol. The number of benzene rings is 1. The van der Waals surface area contributed by atoms with Gasteiger partial charge in [0.1, 0.15) is 5.52 Å². The van der Waals surface area contributed by atoms with Crippen molar-refractivity contribution in [1.29, 1.82) is 0 Å². The van der Waals surface area contributed by atoms with Crippen LogP contribution in [0.2, 0.25) is 0 Å². The molecule has 1 aliphatic carbocycles. The lowest BCUT2D eigenvalue weighted by Gasteiger charge is -2.30. The zero-order valence-corrected chi connectivity index (χ0v) is 21.4. The van der Waals surface area contributed by atoms with Gasteiger partial charge in [-0.15, -0.1) is 11.8 Å². The number of rotatable bonds is 7. The Morgan fingerprint density at radius 3 is 2.75 bits per heavy atom. The molecule has 11 heteroatoms. The van der Waals surface area contributed by atoms with Crippen LogP contribution in [0.1, 0.15) is 25.7 Å². The molecule has 1 aromatic carbocycles. The van der Waals surface area contributed by atoms with Crippen LogP contribution in [0, 0.1) is 5.92 Å². The normalized spacial score (nSPS) is 19.9. The molecule has 1 fully saturated rings. The monoisotopic (exact) mass is 525 g/mol. The predicted molar refractivity (Wildman–Crippen MR) is 141 cm³/mol. The number of fused-ring (bicyclic) bond motifs is 2. The Morgan fingerprint density at radius 2 is 1.97 bits per heavy atom. The van der Waals surface area contributed by atoms with Gasteiger partial charge in [-0.3, -0.25) is 9.78 Å². The summed E-state index contributed by atoms with van der Waals surface area (Å²) in [7, 11) is -2.13.